The molecule has 1 amide bonds. The summed E-state index contributed by atoms with van der Waals surface area (Å²) in [5.74, 6) is 0.215. The van der Waals surface area contributed by atoms with Crippen LogP contribution in [0.15, 0.2) is 0 Å². The zero-order valence-electron chi connectivity index (χ0n) is 8.87. The average molecular weight is 200 g/mol. The summed E-state index contributed by atoms with van der Waals surface area (Å²) >= 11 is 0. The van der Waals surface area contributed by atoms with E-state index in [1.807, 2.05) is 4.90 Å². The summed E-state index contributed by atoms with van der Waals surface area (Å²) in [5.41, 5.74) is 5.78. The van der Waals surface area contributed by atoms with Crippen molar-refractivity contribution in [3.05, 3.63) is 0 Å². The summed E-state index contributed by atoms with van der Waals surface area (Å²) in [7, 11) is 0. The van der Waals surface area contributed by atoms with Crippen LogP contribution in [-0.4, -0.2) is 43.2 Å². The Bertz CT molecular complexity index is 185. The molecule has 1 heterocycles. The monoisotopic (exact) mass is 200 g/mol. The molecular weight excluding hydrogens is 180 g/mol. The lowest BCUT2D eigenvalue weighted by atomic mass is 10.1. The van der Waals surface area contributed by atoms with Crippen molar-refractivity contribution in [3.8, 4) is 0 Å². The van der Waals surface area contributed by atoms with Gasteiger partial charge in [0.05, 0.1) is 6.61 Å². The summed E-state index contributed by atoms with van der Waals surface area (Å²) in [6.07, 6.45) is 2.44. The van der Waals surface area contributed by atoms with Gasteiger partial charge in [0.25, 0.3) is 0 Å². The van der Waals surface area contributed by atoms with Crippen molar-refractivity contribution in [1.82, 2.24) is 4.90 Å². The third-order valence-electron chi connectivity index (χ3n) is 2.39. The fourth-order valence-corrected chi connectivity index (χ4v) is 1.58. The molecule has 1 rings (SSSR count). The minimum Gasteiger partial charge on any atom is -0.380 e. The van der Waals surface area contributed by atoms with E-state index in [2.05, 4.69) is 6.92 Å². The second-order valence-electron chi connectivity index (χ2n) is 3.75. The molecule has 0 radical (unpaired) electrons. The largest absolute Gasteiger partial charge is 0.380 e. The summed E-state index contributed by atoms with van der Waals surface area (Å²) < 4.78 is 5.33. The molecule has 2 N–H and O–H groups in total. The highest BCUT2D eigenvalue weighted by molar-refractivity contribution is 5.77. The van der Waals surface area contributed by atoms with Gasteiger partial charge < -0.3 is 15.4 Å². The summed E-state index contributed by atoms with van der Waals surface area (Å²) in [5, 5.41) is 0. The van der Waals surface area contributed by atoms with E-state index in [-0.39, 0.29) is 11.9 Å². The maximum absolute atomic E-state index is 11.4. The first kappa shape index (κ1) is 11.5. The van der Waals surface area contributed by atoms with Crippen LogP contribution in [0.3, 0.4) is 0 Å². The van der Waals surface area contributed by atoms with Crippen LogP contribution in [-0.2, 0) is 9.53 Å². The standard InChI is InChI=1S/C10H20N2O2/c1-2-6-14-7-5-12-8-9(11)3-4-10(12)13/h9H,2-8,11H2,1H3. The third-order valence-corrected chi connectivity index (χ3v) is 2.39. The molecule has 0 aliphatic carbocycles. The lowest BCUT2D eigenvalue weighted by Gasteiger charge is -2.30. The van der Waals surface area contributed by atoms with E-state index in [9.17, 15) is 4.79 Å². The van der Waals surface area contributed by atoms with Crippen molar-refractivity contribution < 1.29 is 9.53 Å². The number of rotatable bonds is 5. The second-order valence-corrected chi connectivity index (χ2v) is 3.75. The predicted octanol–water partition coefficient (Wildman–Crippen LogP) is 0.363. The molecule has 0 aromatic rings. The molecule has 4 nitrogen and oxygen atoms in total. The van der Waals surface area contributed by atoms with E-state index in [4.69, 9.17) is 10.5 Å². The first-order valence-electron chi connectivity index (χ1n) is 5.35. The number of carbonyl (C=O) groups is 1. The van der Waals surface area contributed by atoms with Crippen LogP contribution in [0.2, 0.25) is 0 Å². The van der Waals surface area contributed by atoms with Crippen LogP contribution in [0, 0.1) is 0 Å². The fourth-order valence-electron chi connectivity index (χ4n) is 1.58. The summed E-state index contributed by atoms with van der Waals surface area (Å²) in [6, 6.07) is 0.152. The molecule has 82 valence electrons. The molecule has 0 saturated carbocycles. The lowest BCUT2D eigenvalue weighted by Crippen LogP contribution is -2.47. The molecule has 0 aromatic heterocycles. The maximum Gasteiger partial charge on any atom is 0.222 e. The van der Waals surface area contributed by atoms with Gasteiger partial charge >= 0.3 is 0 Å². The van der Waals surface area contributed by atoms with Crippen molar-refractivity contribution in [2.24, 2.45) is 5.73 Å². The summed E-state index contributed by atoms with van der Waals surface area (Å²) in [6.45, 7) is 4.85. The second kappa shape index (κ2) is 5.98. The van der Waals surface area contributed by atoms with E-state index < -0.39 is 0 Å². The molecule has 1 unspecified atom stereocenters. The van der Waals surface area contributed by atoms with Crippen LogP contribution < -0.4 is 5.73 Å². The van der Waals surface area contributed by atoms with Gasteiger partial charge in [-0.15, -0.1) is 0 Å². The van der Waals surface area contributed by atoms with Crippen LogP contribution in [0.5, 0.6) is 0 Å². The number of carbonyl (C=O) groups excluding carboxylic acids is 1. The van der Waals surface area contributed by atoms with E-state index in [0.717, 1.165) is 19.4 Å². The zero-order chi connectivity index (χ0) is 10.4. The normalized spacial score (nSPS) is 22.9. The van der Waals surface area contributed by atoms with Crippen LogP contribution in [0.25, 0.3) is 0 Å². The number of nitrogens with zero attached hydrogens (tertiary/aromatic N) is 1. The van der Waals surface area contributed by atoms with Gasteiger partial charge in [0.1, 0.15) is 0 Å². The molecule has 1 aliphatic rings. The maximum atomic E-state index is 11.4. The molecule has 0 bridgehead atoms. The Kier molecular flexibility index (Phi) is 4.90. The van der Waals surface area contributed by atoms with Gasteiger partial charge in [-0.25, -0.2) is 0 Å². The Balaban J connectivity index is 2.17. The topological polar surface area (TPSA) is 55.6 Å². The first-order valence-corrected chi connectivity index (χ1v) is 5.35. The number of hydrogen-bond donors (Lipinski definition) is 1. The Morgan fingerprint density at radius 3 is 3.07 bits per heavy atom. The van der Waals surface area contributed by atoms with Crippen molar-refractivity contribution in [3.63, 3.8) is 0 Å². The van der Waals surface area contributed by atoms with Gasteiger partial charge in [0.2, 0.25) is 5.91 Å². The number of ether oxygens (including phenoxy) is 1. The molecule has 1 atom stereocenters. The fraction of sp³-hybridized carbons (Fsp3) is 0.900. The smallest absolute Gasteiger partial charge is 0.222 e. The molecular formula is C10H20N2O2. The minimum absolute atomic E-state index is 0.152. The number of nitrogens with two attached hydrogens (primary N) is 1. The summed E-state index contributed by atoms with van der Waals surface area (Å²) in [4.78, 5) is 13.2. The van der Waals surface area contributed by atoms with Crippen molar-refractivity contribution in [2.75, 3.05) is 26.3 Å². The van der Waals surface area contributed by atoms with Gasteiger partial charge in [-0.1, -0.05) is 6.92 Å². The van der Waals surface area contributed by atoms with Gasteiger partial charge in [-0.3, -0.25) is 4.79 Å². The van der Waals surface area contributed by atoms with E-state index in [0.29, 0.717) is 26.1 Å². The molecule has 0 spiro atoms. The van der Waals surface area contributed by atoms with Gasteiger partial charge in [0, 0.05) is 32.2 Å². The van der Waals surface area contributed by atoms with Crippen LogP contribution in [0.1, 0.15) is 26.2 Å². The first-order chi connectivity index (χ1) is 6.74. The Hall–Kier alpha value is -0.610. The Morgan fingerprint density at radius 2 is 2.36 bits per heavy atom. The molecule has 4 heteroatoms. The predicted molar refractivity (Wildman–Crippen MR) is 54.9 cm³/mol. The van der Waals surface area contributed by atoms with Crippen molar-refractivity contribution >= 4 is 5.91 Å². The number of hydrogen-bond acceptors (Lipinski definition) is 3. The molecule has 1 saturated heterocycles. The third kappa shape index (κ3) is 3.64. The highest BCUT2D eigenvalue weighted by Crippen LogP contribution is 2.09. The zero-order valence-corrected chi connectivity index (χ0v) is 8.87. The van der Waals surface area contributed by atoms with Crippen molar-refractivity contribution in [2.45, 2.75) is 32.2 Å². The number of likely N-dealkylation sites (tertiary alicyclic amines) is 1. The van der Waals surface area contributed by atoms with Crippen LogP contribution in [0.4, 0.5) is 0 Å². The van der Waals surface area contributed by atoms with E-state index in [1.54, 1.807) is 0 Å². The SMILES string of the molecule is CCCOCCN1CC(N)CCC1=O. The van der Waals surface area contributed by atoms with Crippen LogP contribution >= 0.6 is 0 Å². The van der Waals surface area contributed by atoms with Gasteiger partial charge in [0.15, 0.2) is 0 Å². The molecule has 1 fully saturated rings. The number of piperidine rings is 1. The highest BCUT2D eigenvalue weighted by Gasteiger charge is 2.22. The molecule has 1 aliphatic heterocycles. The van der Waals surface area contributed by atoms with Gasteiger partial charge in [-0.05, 0) is 12.8 Å². The quantitative estimate of drug-likeness (QED) is 0.652. The Morgan fingerprint density at radius 1 is 1.57 bits per heavy atom. The Labute approximate surface area is 85.4 Å². The van der Waals surface area contributed by atoms with Gasteiger partial charge in [-0.2, -0.15) is 0 Å². The molecule has 0 aromatic carbocycles. The van der Waals surface area contributed by atoms with Crippen molar-refractivity contribution in [1.29, 1.82) is 0 Å². The average Bonchev–Trinajstić information content (AvgIpc) is 2.18. The van der Waals surface area contributed by atoms with E-state index in [1.165, 1.54) is 0 Å². The minimum atomic E-state index is 0.152. The molecule has 14 heavy (non-hydrogen) atoms. The highest BCUT2D eigenvalue weighted by atomic mass is 16.5. The van der Waals surface area contributed by atoms with E-state index >= 15 is 0 Å². The lowest BCUT2D eigenvalue weighted by molar-refractivity contribution is -0.134. The number of amides is 1.